The van der Waals surface area contributed by atoms with Crippen LogP contribution in [-0.2, 0) is 0 Å². The van der Waals surface area contributed by atoms with Crippen molar-refractivity contribution in [3.05, 3.63) is 42.9 Å². The Labute approximate surface area is 94.9 Å². The Hall–Kier alpha value is -1.97. The minimum atomic E-state index is 0.700. The van der Waals surface area contributed by atoms with Gasteiger partial charge in [-0.15, -0.1) is 0 Å². The summed E-state index contributed by atoms with van der Waals surface area (Å²) in [4.78, 5) is 4.25. The van der Waals surface area contributed by atoms with E-state index in [1.165, 1.54) is 0 Å². The second-order valence-electron chi connectivity index (χ2n) is 3.40. The van der Waals surface area contributed by atoms with E-state index in [4.69, 9.17) is 4.74 Å². The Morgan fingerprint density at radius 1 is 1.31 bits per heavy atom. The molecule has 0 spiro atoms. The molecule has 4 heteroatoms. The molecule has 0 amide bonds. The van der Waals surface area contributed by atoms with Crippen LogP contribution < -0.4 is 10.2 Å². The fourth-order valence-electron chi connectivity index (χ4n) is 1.33. The lowest BCUT2D eigenvalue weighted by molar-refractivity contribution is 0.317. The first-order chi connectivity index (χ1) is 7.90. The van der Waals surface area contributed by atoms with Crippen LogP contribution in [0.3, 0.4) is 0 Å². The highest BCUT2D eigenvalue weighted by Crippen LogP contribution is 2.20. The van der Waals surface area contributed by atoms with Crippen molar-refractivity contribution in [2.45, 2.75) is 13.3 Å². The highest BCUT2D eigenvalue weighted by Gasteiger charge is 2.03. The van der Waals surface area contributed by atoms with Gasteiger partial charge in [0.05, 0.1) is 6.61 Å². The summed E-state index contributed by atoms with van der Waals surface area (Å²) in [6.45, 7) is 2.78. The molecule has 0 bridgehead atoms. The molecule has 0 saturated heterocycles. The largest absolute Gasteiger partial charge is 0.490 e. The Bertz CT molecular complexity index is 426. The third kappa shape index (κ3) is 2.53. The van der Waals surface area contributed by atoms with Gasteiger partial charge in [0.25, 0.3) is 0 Å². The molecule has 0 unspecified atom stereocenters. The van der Waals surface area contributed by atoms with Gasteiger partial charge in [0, 0.05) is 18.6 Å². The minimum absolute atomic E-state index is 0.700. The van der Waals surface area contributed by atoms with Crippen molar-refractivity contribution in [2.75, 3.05) is 12.0 Å². The maximum atomic E-state index is 5.60. The summed E-state index contributed by atoms with van der Waals surface area (Å²) in [5, 5.41) is 0. The number of pyridine rings is 1. The molecule has 2 aromatic rings. The third-order valence-corrected chi connectivity index (χ3v) is 2.07. The number of anilines is 1. The molecule has 2 heterocycles. The molecule has 0 aromatic carbocycles. The van der Waals surface area contributed by atoms with Crippen molar-refractivity contribution >= 4 is 5.82 Å². The van der Waals surface area contributed by atoms with Crippen LogP contribution in [0.5, 0.6) is 5.75 Å². The lowest BCUT2D eigenvalue weighted by atomic mass is 10.4. The van der Waals surface area contributed by atoms with Gasteiger partial charge in [0.1, 0.15) is 0 Å². The number of nitrogens with zero attached hydrogens (tertiary/aromatic N) is 2. The molecule has 0 aliphatic rings. The summed E-state index contributed by atoms with van der Waals surface area (Å²) in [7, 11) is 0. The molecule has 0 aliphatic carbocycles. The lowest BCUT2D eigenvalue weighted by Crippen LogP contribution is -2.09. The van der Waals surface area contributed by atoms with Gasteiger partial charge in [-0.25, -0.2) is 4.98 Å². The summed E-state index contributed by atoms with van der Waals surface area (Å²) in [5.41, 5.74) is 3.14. The number of aromatic nitrogens is 2. The van der Waals surface area contributed by atoms with Gasteiger partial charge in [0.2, 0.25) is 0 Å². The van der Waals surface area contributed by atoms with E-state index in [1.807, 2.05) is 41.3 Å². The van der Waals surface area contributed by atoms with Crippen molar-refractivity contribution in [1.29, 1.82) is 0 Å². The zero-order valence-corrected chi connectivity index (χ0v) is 9.26. The SMILES string of the molecule is CCCOc1cccnc1Nn1cccc1. The molecule has 0 saturated carbocycles. The monoisotopic (exact) mass is 217 g/mol. The average molecular weight is 217 g/mol. The van der Waals surface area contributed by atoms with Gasteiger partial charge >= 0.3 is 0 Å². The Kier molecular flexibility index (Phi) is 3.43. The first kappa shape index (κ1) is 10.5. The molecule has 2 aromatic heterocycles. The fraction of sp³-hybridized carbons (Fsp3) is 0.250. The average Bonchev–Trinajstić information content (AvgIpc) is 2.81. The highest BCUT2D eigenvalue weighted by molar-refractivity contribution is 5.49. The minimum Gasteiger partial charge on any atom is -0.490 e. The second-order valence-corrected chi connectivity index (χ2v) is 3.40. The van der Waals surface area contributed by atoms with Crippen LogP contribution in [0.1, 0.15) is 13.3 Å². The summed E-state index contributed by atoms with van der Waals surface area (Å²) >= 11 is 0. The molecule has 0 aliphatic heterocycles. The van der Waals surface area contributed by atoms with Crippen LogP contribution in [0.25, 0.3) is 0 Å². The molecule has 16 heavy (non-hydrogen) atoms. The third-order valence-electron chi connectivity index (χ3n) is 2.07. The fourth-order valence-corrected chi connectivity index (χ4v) is 1.33. The molecule has 0 fully saturated rings. The quantitative estimate of drug-likeness (QED) is 0.836. The number of hydrogen-bond acceptors (Lipinski definition) is 3. The van der Waals surface area contributed by atoms with Crippen molar-refractivity contribution < 1.29 is 4.74 Å². The summed E-state index contributed by atoms with van der Waals surface area (Å²) < 4.78 is 7.43. The van der Waals surface area contributed by atoms with Crippen molar-refractivity contribution in [2.24, 2.45) is 0 Å². The van der Waals surface area contributed by atoms with Gasteiger partial charge in [-0.05, 0) is 30.7 Å². The number of nitrogens with one attached hydrogen (secondary N) is 1. The smallest absolute Gasteiger partial charge is 0.187 e. The van der Waals surface area contributed by atoms with Crippen molar-refractivity contribution in [1.82, 2.24) is 9.66 Å². The zero-order chi connectivity index (χ0) is 11.2. The van der Waals surface area contributed by atoms with Gasteiger partial charge in [-0.3, -0.25) is 10.1 Å². The highest BCUT2D eigenvalue weighted by atomic mass is 16.5. The summed E-state index contributed by atoms with van der Waals surface area (Å²) in [5.74, 6) is 1.50. The molecule has 4 nitrogen and oxygen atoms in total. The second kappa shape index (κ2) is 5.21. The Morgan fingerprint density at radius 2 is 2.12 bits per heavy atom. The van der Waals surface area contributed by atoms with Crippen molar-refractivity contribution in [3.63, 3.8) is 0 Å². The van der Waals surface area contributed by atoms with E-state index >= 15 is 0 Å². The molecule has 1 N–H and O–H groups in total. The molecular weight excluding hydrogens is 202 g/mol. The maximum absolute atomic E-state index is 5.60. The van der Waals surface area contributed by atoms with Crippen molar-refractivity contribution in [3.8, 4) is 5.75 Å². The van der Waals surface area contributed by atoms with E-state index in [1.54, 1.807) is 6.20 Å². The van der Waals surface area contributed by atoms with E-state index in [0.717, 1.165) is 18.0 Å². The molecule has 2 rings (SSSR count). The van der Waals surface area contributed by atoms with Gasteiger partial charge < -0.3 is 4.74 Å². The topological polar surface area (TPSA) is 39.1 Å². The van der Waals surface area contributed by atoms with Crippen LogP contribution in [0.2, 0.25) is 0 Å². The molecule has 0 radical (unpaired) electrons. The predicted molar refractivity (Wildman–Crippen MR) is 63.5 cm³/mol. The number of hydrogen-bond donors (Lipinski definition) is 1. The van der Waals surface area contributed by atoms with Crippen LogP contribution in [-0.4, -0.2) is 16.3 Å². The normalized spacial score (nSPS) is 10.1. The Balaban J connectivity index is 2.13. The van der Waals surface area contributed by atoms with Crippen LogP contribution in [0.15, 0.2) is 42.9 Å². The zero-order valence-electron chi connectivity index (χ0n) is 9.26. The Morgan fingerprint density at radius 3 is 2.88 bits per heavy atom. The predicted octanol–water partition coefficient (Wildman–Crippen LogP) is 2.55. The van der Waals surface area contributed by atoms with Crippen LogP contribution in [0.4, 0.5) is 5.82 Å². The lowest BCUT2D eigenvalue weighted by Gasteiger charge is -2.11. The van der Waals surface area contributed by atoms with Crippen LogP contribution >= 0.6 is 0 Å². The number of ether oxygens (including phenoxy) is 1. The molecule has 0 atom stereocenters. The molecule has 84 valence electrons. The standard InChI is InChI=1S/C12H15N3O/c1-2-10-16-11-6-5-7-13-12(11)14-15-8-3-4-9-15/h3-9H,2,10H2,1H3,(H,13,14). The van der Waals surface area contributed by atoms with Gasteiger partial charge in [-0.2, -0.15) is 0 Å². The first-order valence-electron chi connectivity index (χ1n) is 5.38. The van der Waals surface area contributed by atoms with E-state index in [0.29, 0.717) is 6.61 Å². The first-order valence-corrected chi connectivity index (χ1v) is 5.38. The van der Waals surface area contributed by atoms with E-state index in [2.05, 4.69) is 17.3 Å². The molecular formula is C12H15N3O. The summed E-state index contributed by atoms with van der Waals surface area (Å²) in [6.07, 6.45) is 6.55. The maximum Gasteiger partial charge on any atom is 0.187 e. The van der Waals surface area contributed by atoms with E-state index in [-0.39, 0.29) is 0 Å². The number of rotatable bonds is 5. The van der Waals surface area contributed by atoms with Crippen LogP contribution in [0, 0.1) is 0 Å². The van der Waals surface area contributed by atoms with Gasteiger partial charge in [0.15, 0.2) is 11.6 Å². The van der Waals surface area contributed by atoms with E-state index in [9.17, 15) is 0 Å². The summed E-state index contributed by atoms with van der Waals surface area (Å²) in [6, 6.07) is 7.67. The van der Waals surface area contributed by atoms with Gasteiger partial charge in [-0.1, -0.05) is 6.92 Å². The van der Waals surface area contributed by atoms with E-state index < -0.39 is 0 Å².